The summed E-state index contributed by atoms with van der Waals surface area (Å²) in [5.41, 5.74) is 0.414. The highest BCUT2D eigenvalue weighted by Crippen LogP contribution is 2.40. The smallest absolute Gasteiger partial charge is 0.389 e. The molecule has 0 saturated carbocycles. The summed E-state index contributed by atoms with van der Waals surface area (Å²) in [6.07, 6.45) is 0.393. The number of hydrogen-bond acceptors (Lipinski definition) is 21. The fourth-order valence-corrected chi connectivity index (χ4v) is 10.0. The van der Waals surface area contributed by atoms with Crippen LogP contribution in [0.4, 0.5) is 44.7 Å². The van der Waals surface area contributed by atoms with E-state index in [9.17, 15) is 63.2 Å². The predicted molar refractivity (Wildman–Crippen MR) is 293 cm³/mol. The molecule has 7 amide bonds. The number of benzene rings is 2. The molecule has 1 aliphatic carbocycles. The van der Waals surface area contributed by atoms with Crippen LogP contribution in [0.15, 0.2) is 81.9 Å². The van der Waals surface area contributed by atoms with Gasteiger partial charge in [0, 0.05) is 43.9 Å². The first-order chi connectivity index (χ1) is 40.1. The standard InChI is InChI=1S/C21H23ClFNO5.C15H16F3N5O4S.C15H18N6O6S/c1-2-3-6-9-28-19(25)12-29-18-11-17(16(23)10-15(18)22)24-20(26)13-7-4-5-8-14(13)21(24)27;1-9-19-12(22-14(20-9)27-2)21-13(24)23-28(25,26)11-6-4-3-5-10(11)7-8-15(16,17)18;1-21(2)13(22)9-6-5-7-16-12(9)28(24,25)20-15(23)19-14-17-10(26-3)8-11(18-14)27-4/h10-11H,2-9,12H2,1H3;3-6H,7-8H2,1-2H3,(H2,19,20,21,22,23,24);5-8H,1-4H3,(H2,17,18,19,20,23). The molecule has 0 atom stereocenters. The molecule has 4 N–H and O–H groups in total. The number of aromatic nitrogens is 6. The summed E-state index contributed by atoms with van der Waals surface area (Å²) < 4.78 is 130. The number of alkyl halides is 3. The maximum absolute atomic E-state index is 14.5. The zero-order valence-corrected chi connectivity index (χ0v) is 48.8. The summed E-state index contributed by atoms with van der Waals surface area (Å²) in [4.78, 5) is 97.8. The molecule has 2 aliphatic rings. The van der Waals surface area contributed by atoms with Gasteiger partial charge in [-0.05, 0) is 75.3 Å². The first-order valence-corrected chi connectivity index (χ1v) is 28.6. The van der Waals surface area contributed by atoms with Crippen molar-refractivity contribution in [3.05, 3.63) is 99.7 Å². The predicted octanol–water partition coefficient (Wildman–Crippen LogP) is 6.63. The van der Waals surface area contributed by atoms with Crippen molar-refractivity contribution in [3.8, 4) is 23.5 Å². The Labute approximate surface area is 489 Å². The van der Waals surface area contributed by atoms with Gasteiger partial charge in [0.15, 0.2) is 11.6 Å². The minimum absolute atomic E-state index is 0.000883. The van der Waals surface area contributed by atoms with Gasteiger partial charge in [-0.3, -0.25) is 25.0 Å². The number of rotatable bonds is 20. The van der Waals surface area contributed by atoms with Crippen LogP contribution in [0.5, 0.6) is 23.5 Å². The van der Waals surface area contributed by atoms with Crippen molar-refractivity contribution < 1.29 is 86.8 Å². The molecule has 27 nitrogen and oxygen atoms in total. The lowest BCUT2D eigenvalue weighted by atomic mass is 9.93. The second-order valence-electron chi connectivity index (χ2n) is 17.9. The van der Waals surface area contributed by atoms with Crippen molar-refractivity contribution in [1.29, 1.82) is 0 Å². The van der Waals surface area contributed by atoms with Crippen LogP contribution in [0.1, 0.15) is 80.0 Å². The van der Waals surface area contributed by atoms with E-state index in [2.05, 4.69) is 40.5 Å². The molecule has 458 valence electrons. The van der Waals surface area contributed by atoms with Crippen LogP contribution in [0.3, 0.4) is 0 Å². The number of ether oxygens (including phenoxy) is 5. The molecule has 3 aromatic heterocycles. The number of halogens is 5. The molecule has 0 saturated heterocycles. The van der Waals surface area contributed by atoms with E-state index in [4.69, 9.17) is 35.3 Å². The van der Waals surface area contributed by atoms with E-state index in [0.29, 0.717) is 30.6 Å². The lowest BCUT2D eigenvalue weighted by molar-refractivity contribution is -0.146. The summed E-state index contributed by atoms with van der Waals surface area (Å²) in [6, 6.07) is 8.86. The van der Waals surface area contributed by atoms with Gasteiger partial charge in [-0.15, -0.1) is 0 Å². The third-order valence-corrected chi connectivity index (χ3v) is 14.5. The van der Waals surface area contributed by atoms with Crippen molar-refractivity contribution >= 4 is 85.0 Å². The van der Waals surface area contributed by atoms with E-state index in [0.717, 1.165) is 49.1 Å². The Balaban J connectivity index is 0.000000233. The number of unbranched alkanes of at least 4 members (excludes halogenated alkanes) is 2. The Hall–Kier alpha value is -8.85. The van der Waals surface area contributed by atoms with Crippen molar-refractivity contribution in [3.63, 3.8) is 0 Å². The number of hydrogen-bond donors (Lipinski definition) is 4. The second kappa shape index (κ2) is 30.1. The van der Waals surface area contributed by atoms with Crippen LogP contribution < -0.4 is 43.9 Å². The number of carbonyl (C=O) groups excluding carboxylic acids is 6. The highest BCUT2D eigenvalue weighted by molar-refractivity contribution is 7.90. The number of nitrogens with zero attached hydrogens (tertiary/aromatic N) is 8. The van der Waals surface area contributed by atoms with E-state index >= 15 is 0 Å². The van der Waals surface area contributed by atoms with Crippen LogP contribution in [-0.4, -0.2) is 142 Å². The molecule has 85 heavy (non-hydrogen) atoms. The molecular formula is C51H57ClF4N12O15S2. The lowest BCUT2D eigenvalue weighted by Crippen LogP contribution is -2.36. The van der Waals surface area contributed by atoms with Gasteiger partial charge in [0.25, 0.3) is 37.8 Å². The van der Waals surface area contributed by atoms with Crippen LogP contribution in [0.2, 0.25) is 5.02 Å². The number of carbonyl (C=O) groups is 6. The highest BCUT2D eigenvalue weighted by atomic mass is 35.5. The van der Waals surface area contributed by atoms with Gasteiger partial charge in [0.05, 0.1) is 55.2 Å². The SMILES string of the molecule is CCCCCOC(=O)COc1cc(N2C(=O)C3=C(CCCC3)C2=O)c(F)cc1Cl.COc1cc(OC)nc(NC(=O)NS(=O)(=O)c2ncccc2C(=O)N(C)C)n1.COc1nc(C)nc(NC(=O)NS(=O)(=O)c2ccccc2CCC(F)(F)F)n1. The monoisotopic (exact) mass is 1250 g/mol. The van der Waals surface area contributed by atoms with E-state index in [-0.39, 0.29) is 63.1 Å². The average molecular weight is 1250 g/mol. The van der Waals surface area contributed by atoms with E-state index in [1.165, 1.54) is 95.9 Å². The van der Waals surface area contributed by atoms with Gasteiger partial charge in [-0.25, -0.2) is 46.5 Å². The highest BCUT2D eigenvalue weighted by Gasteiger charge is 2.41. The molecule has 0 radical (unpaired) electrons. The molecule has 7 rings (SSSR count). The molecule has 0 fully saturated rings. The zero-order valence-electron chi connectivity index (χ0n) is 46.5. The normalized spacial score (nSPS) is 13.0. The summed E-state index contributed by atoms with van der Waals surface area (Å²) in [5.74, 6) is -3.12. The first kappa shape index (κ1) is 66.9. The molecule has 0 spiro atoms. The maximum atomic E-state index is 14.5. The third kappa shape index (κ3) is 19.1. The number of nitrogens with one attached hydrogen (secondary N) is 4. The van der Waals surface area contributed by atoms with Gasteiger partial charge >= 0.3 is 30.2 Å². The average Bonchev–Trinajstić information content (AvgIpc) is 1.97. The first-order valence-electron chi connectivity index (χ1n) is 25.2. The van der Waals surface area contributed by atoms with Crippen molar-refractivity contribution in [2.45, 2.75) is 87.7 Å². The van der Waals surface area contributed by atoms with Gasteiger partial charge in [0.2, 0.25) is 23.7 Å². The van der Waals surface area contributed by atoms with Gasteiger partial charge < -0.3 is 28.6 Å². The molecular weight excluding hydrogens is 1200 g/mol. The summed E-state index contributed by atoms with van der Waals surface area (Å²) >= 11 is 6.02. The van der Waals surface area contributed by atoms with Gasteiger partial charge in [0.1, 0.15) is 17.4 Å². The largest absolute Gasteiger partial charge is 0.481 e. The number of aryl methyl sites for hydroxylation is 2. The quantitative estimate of drug-likeness (QED) is 0.0275. The van der Waals surface area contributed by atoms with Gasteiger partial charge in [-0.2, -0.15) is 46.5 Å². The number of amides is 7. The van der Waals surface area contributed by atoms with E-state index in [1.807, 2.05) is 6.92 Å². The maximum Gasteiger partial charge on any atom is 0.389 e. The molecule has 1 aliphatic heterocycles. The molecule has 2 aromatic carbocycles. The zero-order chi connectivity index (χ0) is 62.8. The number of methoxy groups -OCH3 is 3. The number of anilines is 3. The van der Waals surface area contributed by atoms with Crippen LogP contribution >= 0.6 is 11.6 Å². The molecule has 34 heteroatoms. The minimum Gasteiger partial charge on any atom is -0.481 e. The van der Waals surface area contributed by atoms with Crippen LogP contribution in [-0.2, 0) is 45.6 Å². The Kier molecular flexibility index (Phi) is 23.7. The number of urea groups is 2. The summed E-state index contributed by atoms with van der Waals surface area (Å²) in [5, 5.41) is 3.60. The number of esters is 1. The molecule has 0 bridgehead atoms. The Bertz CT molecular complexity index is 3510. The van der Waals surface area contributed by atoms with E-state index < -0.39 is 97.2 Å². The van der Waals surface area contributed by atoms with Crippen molar-refractivity contribution in [1.82, 2.24) is 44.2 Å². The minimum atomic E-state index is -4.46. The Morgan fingerprint density at radius 1 is 0.776 bits per heavy atom. The lowest BCUT2D eigenvalue weighted by Gasteiger charge is -2.18. The third-order valence-electron chi connectivity index (χ3n) is 11.5. The van der Waals surface area contributed by atoms with Crippen molar-refractivity contribution in [2.24, 2.45) is 0 Å². The fourth-order valence-electron chi connectivity index (χ4n) is 7.61. The number of pyridine rings is 1. The molecule has 5 aromatic rings. The summed E-state index contributed by atoms with van der Waals surface area (Å²) in [6.45, 7) is 3.43. The molecule has 4 heterocycles. The van der Waals surface area contributed by atoms with Crippen LogP contribution in [0, 0.1) is 12.7 Å². The van der Waals surface area contributed by atoms with Gasteiger partial charge in [-0.1, -0.05) is 49.6 Å². The Morgan fingerprint density at radius 2 is 1.38 bits per heavy atom. The van der Waals surface area contributed by atoms with Crippen molar-refractivity contribution in [2.75, 3.05) is 64.2 Å². The molecule has 0 unspecified atom stereocenters. The summed E-state index contributed by atoms with van der Waals surface area (Å²) in [7, 11) is -1.99. The topological polar surface area (TPSA) is 349 Å². The number of sulfonamides is 2. The van der Waals surface area contributed by atoms with E-state index in [1.54, 1.807) is 9.44 Å². The number of imide groups is 1. The van der Waals surface area contributed by atoms with Crippen LogP contribution in [0.25, 0.3) is 0 Å². The second-order valence-corrected chi connectivity index (χ2v) is 21.6. The fraction of sp³-hybridized carbons (Fsp3) is 0.373. The Morgan fingerprint density at radius 3 is 1.95 bits per heavy atom.